The number of hydrogen-bond donors (Lipinski definition) is 1. The van der Waals surface area contributed by atoms with Gasteiger partial charge in [0.25, 0.3) is 0 Å². The molecule has 2 saturated heterocycles. The van der Waals surface area contributed by atoms with Gasteiger partial charge in [0, 0.05) is 37.9 Å². The highest BCUT2D eigenvalue weighted by atomic mass is 16.1. The monoisotopic (exact) mass is 375 g/mol. The molecule has 6 nitrogen and oxygen atoms in total. The van der Waals surface area contributed by atoms with E-state index in [1.807, 2.05) is 23.1 Å². The Morgan fingerprint density at radius 1 is 1.19 bits per heavy atom. The van der Waals surface area contributed by atoms with E-state index in [9.17, 15) is 4.79 Å². The average molecular weight is 376 g/mol. The summed E-state index contributed by atoms with van der Waals surface area (Å²) >= 11 is 0. The van der Waals surface area contributed by atoms with Crippen molar-refractivity contribution in [1.29, 1.82) is 0 Å². The van der Waals surface area contributed by atoms with Crippen LogP contribution in [0, 0.1) is 5.92 Å². The van der Waals surface area contributed by atoms with Crippen molar-refractivity contribution >= 4 is 5.91 Å². The summed E-state index contributed by atoms with van der Waals surface area (Å²) in [6.07, 6.45) is 11.8. The number of aryl methyl sites for hydroxylation is 1. The number of piperidine rings is 1. The Labute approximate surface area is 164 Å². The van der Waals surface area contributed by atoms with Gasteiger partial charge in [0.05, 0.1) is 0 Å². The molecule has 0 aliphatic carbocycles. The molecular formula is C21H37N5O. The fourth-order valence-electron chi connectivity index (χ4n) is 4.59. The van der Waals surface area contributed by atoms with Crippen molar-refractivity contribution in [3.05, 3.63) is 18.5 Å². The first-order valence-electron chi connectivity index (χ1n) is 10.9. The van der Waals surface area contributed by atoms with Crippen molar-refractivity contribution in [2.75, 3.05) is 39.3 Å². The molecule has 0 radical (unpaired) electrons. The lowest BCUT2D eigenvalue weighted by Gasteiger charge is -2.32. The third kappa shape index (κ3) is 6.61. The molecule has 152 valence electrons. The Bertz CT molecular complexity index is 539. The first kappa shape index (κ1) is 20.3. The molecule has 2 aliphatic rings. The van der Waals surface area contributed by atoms with E-state index in [-0.39, 0.29) is 5.91 Å². The average Bonchev–Trinajstić information content (AvgIpc) is 3.37. The fraction of sp³-hybridized carbons (Fsp3) is 0.810. The van der Waals surface area contributed by atoms with Gasteiger partial charge in [-0.25, -0.2) is 0 Å². The third-order valence-electron chi connectivity index (χ3n) is 6.35. The van der Waals surface area contributed by atoms with Crippen molar-refractivity contribution in [3.63, 3.8) is 0 Å². The van der Waals surface area contributed by atoms with Crippen molar-refractivity contribution in [2.24, 2.45) is 5.92 Å². The molecule has 3 rings (SSSR count). The quantitative estimate of drug-likeness (QED) is 0.682. The van der Waals surface area contributed by atoms with Crippen molar-refractivity contribution in [3.8, 4) is 0 Å². The second kappa shape index (κ2) is 10.8. The maximum Gasteiger partial charge on any atom is 0.220 e. The number of carbonyl (C=O) groups excluding carboxylic acids is 1. The third-order valence-corrected chi connectivity index (χ3v) is 6.35. The first-order valence-corrected chi connectivity index (χ1v) is 10.9. The number of likely N-dealkylation sites (tertiary alicyclic amines) is 2. The predicted molar refractivity (Wildman–Crippen MR) is 109 cm³/mol. The summed E-state index contributed by atoms with van der Waals surface area (Å²) in [5.41, 5.74) is 0. The van der Waals surface area contributed by atoms with Crippen molar-refractivity contribution < 1.29 is 4.79 Å². The number of aromatic nitrogens is 2. The van der Waals surface area contributed by atoms with E-state index in [0.717, 1.165) is 44.9 Å². The SMILES string of the molecule is CCN1CCCC1CNC(=O)CCC1CCN(CCCn2cccn2)CC1. The first-order chi connectivity index (χ1) is 13.2. The lowest BCUT2D eigenvalue weighted by atomic mass is 9.92. The van der Waals surface area contributed by atoms with E-state index in [1.165, 1.54) is 45.3 Å². The summed E-state index contributed by atoms with van der Waals surface area (Å²) < 4.78 is 2.01. The van der Waals surface area contributed by atoms with Gasteiger partial charge in [0.2, 0.25) is 5.91 Å². The minimum atomic E-state index is 0.250. The number of likely N-dealkylation sites (N-methyl/N-ethyl adjacent to an activating group) is 1. The largest absolute Gasteiger partial charge is 0.355 e. The van der Waals surface area contributed by atoms with E-state index in [2.05, 4.69) is 27.1 Å². The number of amides is 1. The van der Waals surface area contributed by atoms with Crippen LogP contribution in [-0.4, -0.2) is 70.8 Å². The van der Waals surface area contributed by atoms with Crippen LogP contribution in [0.3, 0.4) is 0 Å². The molecule has 27 heavy (non-hydrogen) atoms. The minimum absolute atomic E-state index is 0.250. The van der Waals surface area contributed by atoms with E-state index in [4.69, 9.17) is 0 Å². The highest BCUT2D eigenvalue weighted by Crippen LogP contribution is 2.22. The Balaban J connectivity index is 1.23. The standard InChI is InChI=1S/C21H37N5O/c1-2-25-13-3-6-20(25)18-22-21(27)8-7-19-9-16-24(17-10-19)12-5-15-26-14-4-11-23-26/h4,11,14,19-20H,2-3,5-10,12-13,15-18H2,1H3,(H,22,27). The summed E-state index contributed by atoms with van der Waals surface area (Å²) in [4.78, 5) is 17.3. The van der Waals surface area contributed by atoms with Gasteiger partial charge in [-0.1, -0.05) is 6.92 Å². The zero-order valence-electron chi connectivity index (χ0n) is 17.0. The molecule has 0 bridgehead atoms. The highest BCUT2D eigenvalue weighted by molar-refractivity contribution is 5.75. The van der Waals surface area contributed by atoms with Gasteiger partial charge >= 0.3 is 0 Å². The molecule has 2 aliphatic heterocycles. The summed E-state index contributed by atoms with van der Waals surface area (Å²) in [5.74, 6) is 0.969. The van der Waals surface area contributed by atoms with Crippen molar-refractivity contribution in [2.45, 2.75) is 64.5 Å². The highest BCUT2D eigenvalue weighted by Gasteiger charge is 2.23. The van der Waals surface area contributed by atoms with Crippen LogP contribution in [0.15, 0.2) is 18.5 Å². The lowest BCUT2D eigenvalue weighted by Crippen LogP contribution is -2.40. The molecule has 1 amide bonds. The molecule has 1 aromatic rings. The molecule has 6 heteroatoms. The Hall–Kier alpha value is -1.40. The number of nitrogens with zero attached hydrogens (tertiary/aromatic N) is 4. The Morgan fingerprint density at radius 3 is 2.78 bits per heavy atom. The van der Waals surface area contributed by atoms with Gasteiger partial charge in [-0.2, -0.15) is 5.10 Å². The predicted octanol–water partition coefficient (Wildman–Crippen LogP) is 2.37. The number of nitrogens with one attached hydrogen (secondary N) is 1. The molecule has 1 N–H and O–H groups in total. The molecular weight excluding hydrogens is 338 g/mol. The van der Waals surface area contributed by atoms with Gasteiger partial charge in [-0.3, -0.25) is 14.4 Å². The molecule has 1 unspecified atom stereocenters. The van der Waals surface area contributed by atoms with Crippen molar-refractivity contribution in [1.82, 2.24) is 24.9 Å². The number of hydrogen-bond acceptors (Lipinski definition) is 4. The smallest absolute Gasteiger partial charge is 0.220 e. The van der Waals surface area contributed by atoms with Crippen LogP contribution in [-0.2, 0) is 11.3 Å². The van der Waals surface area contributed by atoms with Crippen LogP contribution >= 0.6 is 0 Å². The lowest BCUT2D eigenvalue weighted by molar-refractivity contribution is -0.121. The molecule has 0 saturated carbocycles. The zero-order chi connectivity index (χ0) is 18.9. The Morgan fingerprint density at radius 2 is 2.04 bits per heavy atom. The second-order valence-corrected chi connectivity index (χ2v) is 8.18. The summed E-state index contributed by atoms with van der Waals surface area (Å²) in [6, 6.07) is 2.54. The van der Waals surface area contributed by atoms with Gasteiger partial charge < -0.3 is 10.2 Å². The van der Waals surface area contributed by atoms with Gasteiger partial charge in [-0.15, -0.1) is 0 Å². The van der Waals surface area contributed by atoms with Crippen LogP contribution in [0.5, 0.6) is 0 Å². The molecule has 2 fully saturated rings. The van der Waals surface area contributed by atoms with E-state index in [0.29, 0.717) is 12.5 Å². The van der Waals surface area contributed by atoms with Gasteiger partial charge in [0.15, 0.2) is 0 Å². The van der Waals surface area contributed by atoms with Crippen LogP contribution in [0.25, 0.3) is 0 Å². The summed E-state index contributed by atoms with van der Waals surface area (Å²) in [7, 11) is 0. The van der Waals surface area contributed by atoms with Crippen LogP contribution in [0.4, 0.5) is 0 Å². The molecule has 0 spiro atoms. The van der Waals surface area contributed by atoms with E-state index < -0.39 is 0 Å². The molecule has 3 heterocycles. The van der Waals surface area contributed by atoms with E-state index in [1.54, 1.807) is 0 Å². The zero-order valence-corrected chi connectivity index (χ0v) is 17.0. The van der Waals surface area contributed by atoms with Crippen LogP contribution in [0.1, 0.15) is 51.9 Å². The van der Waals surface area contributed by atoms with Gasteiger partial charge in [0.1, 0.15) is 0 Å². The fourth-order valence-corrected chi connectivity index (χ4v) is 4.59. The second-order valence-electron chi connectivity index (χ2n) is 8.18. The maximum atomic E-state index is 12.2. The Kier molecular flexibility index (Phi) is 8.14. The maximum absolute atomic E-state index is 12.2. The van der Waals surface area contributed by atoms with Gasteiger partial charge in [-0.05, 0) is 83.2 Å². The van der Waals surface area contributed by atoms with Crippen LogP contribution < -0.4 is 5.32 Å². The normalized spacial score (nSPS) is 22.3. The number of carbonyl (C=O) groups is 1. The summed E-state index contributed by atoms with van der Waals surface area (Å²) in [5, 5.41) is 7.44. The van der Waals surface area contributed by atoms with E-state index >= 15 is 0 Å². The molecule has 0 aromatic carbocycles. The summed E-state index contributed by atoms with van der Waals surface area (Å²) in [6.45, 7) is 9.85. The minimum Gasteiger partial charge on any atom is -0.355 e. The molecule has 1 atom stereocenters. The van der Waals surface area contributed by atoms with Crippen LogP contribution in [0.2, 0.25) is 0 Å². The molecule has 1 aromatic heterocycles. The number of rotatable bonds is 10. The topological polar surface area (TPSA) is 53.4 Å².